The molecule has 102 valence electrons. The van der Waals surface area contributed by atoms with E-state index in [1.165, 1.54) is 45.2 Å². The molecule has 2 aliphatic carbocycles. The molecule has 0 aromatic heterocycles. The summed E-state index contributed by atoms with van der Waals surface area (Å²) in [5.41, 5.74) is 0. The first-order chi connectivity index (χ1) is 8.83. The number of rotatable bonds is 4. The topological polar surface area (TPSA) is 23.6 Å². The van der Waals surface area contributed by atoms with Crippen molar-refractivity contribution in [1.29, 1.82) is 0 Å². The number of carbonyl (C=O) groups is 1. The molecular formula is C15H26N2O. The van der Waals surface area contributed by atoms with Gasteiger partial charge in [0.05, 0.1) is 6.54 Å². The second-order valence-corrected chi connectivity index (χ2v) is 6.34. The van der Waals surface area contributed by atoms with Gasteiger partial charge in [-0.2, -0.15) is 0 Å². The zero-order chi connectivity index (χ0) is 12.4. The molecule has 2 saturated carbocycles. The third-order valence-electron chi connectivity index (χ3n) is 4.91. The van der Waals surface area contributed by atoms with E-state index < -0.39 is 0 Å². The van der Waals surface area contributed by atoms with E-state index >= 15 is 0 Å². The van der Waals surface area contributed by atoms with Crippen LogP contribution in [0.1, 0.15) is 44.9 Å². The highest BCUT2D eigenvalue weighted by atomic mass is 16.1. The van der Waals surface area contributed by atoms with Crippen LogP contribution < -0.4 is 0 Å². The molecule has 0 aromatic rings. The molecule has 3 rings (SSSR count). The quantitative estimate of drug-likeness (QED) is 0.761. The van der Waals surface area contributed by atoms with E-state index in [1.54, 1.807) is 0 Å². The Hall–Kier alpha value is -0.410. The molecular weight excluding hydrogens is 224 g/mol. The van der Waals surface area contributed by atoms with E-state index in [0.717, 1.165) is 38.5 Å². The first-order valence-corrected chi connectivity index (χ1v) is 7.82. The first-order valence-electron chi connectivity index (χ1n) is 7.82. The summed E-state index contributed by atoms with van der Waals surface area (Å²) in [7, 11) is 0. The van der Waals surface area contributed by atoms with Crippen LogP contribution in [0.15, 0.2) is 0 Å². The van der Waals surface area contributed by atoms with Crippen LogP contribution in [0.3, 0.4) is 0 Å². The van der Waals surface area contributed by atoms with Crippen molar-refractivity contribution in [2.75, 3.05) is 32.7 Å². The molecule has 3 nitrogen and oxygen atoms in total. The zero-order valence-corrected chi connectivity index (χ0v) is 11.4. The summed E-state index contributed by atoms with van der Waals surface area (Å²) in [5, 5.41) is 0. The molecule has 0 spiro atoms. The Morgan fingerprint density at radius 2 is 1.56 bits per heavy atom. The third kappa shape index (κ3) is 3.12. The molecule has 1 aliphatic heterocycles. The lowest BCUT2D eigenvalue weighted by Gasteiger charge is -2.35. The molecule has 3 aliphatic rings. The van der Waals surface area contributed by atoms with Crippen LogP contribution in [-0.4, -0.2) is 54.3 Å². The molecule has 0 aromatic carbocycles. The lowest BCUT2D eigenvalue weighted by molar-refractivity contribution is -0.125. The summed E-state index contributed by atoms with van der Waals surface area (Å²) in [4.78, 5) is 17.2. The lowest BCUT2D eigenvalue weighted by atomic mass is 9.86. The van der Waals surface area contributed by atoms with Gasteiger partial charge in [0.1, 0.15) is 5.78 Å². The molecule has 0 atom stereocenters. The standard InChI is InChI=1S/C15H26N2O/c18-15(13-4-2-1-3-5-13)12-16-8-10-17(11-9-16)14-6-7-14/h13-14H,1-12H2. The maximum atomic E-state index is 12.2. The minimum Gasteiger partial charge on any atom is -0.298 e. The number of hydrogen-bond acceptors (Lipinski definition) is 3. The molecule has 0 radical (unpaired) electrons. The van der Waals surface area contributed by atoms with Crippen molar-refractivity contribution in [3.8, 4) is 0 Å². The highest BCUT2D eigenvalue weighted by molar-refractivity contribution is 5.83. The summed E-state index contributed by atoms with van der Waals surface area (Å²) in [5.74, 6) is 0.912. The summed E-state index contributed by atoms with van der Waals surface area (Å²) in [6.07, 6.45) is 8.99. The molecule has 3 fully saturated rings. The largest absolute Gasteiger partial charge is 0.298 e. The fourth-order valence-electron chi connectivity index (χ4n) is 3.50. The lowest BCUT2D eigenvalue weighted by Crippen LogP contribution is -2.49. The van der Waals surface area contributed by atoms with Crippen LogP contribution in [0.5, 0.6) is 0 Å². The van der Waals surface area contributed by atoms with Crippen LogP contribution in [0.4, 0.5) is 0 Å². The second kappa shape index (κ2) is 5.70. The van der Waals surface area contributed by atoms with Crippen LogP contribution in [-0.2, 0) is 4.79 Å². The van der Waals surface area contributed by atoms with Gasteiger partial charge in [-0.15, -0.1) is 0 Å². The van der Waals surface area contributed by atoms with Crippen molar-refractivity contribution in [1.82, 2.24) is 9.80 Å². The van der Waals surface area contributed by atoms with Crippen molar-refractivity contribution < 1.29 is 4.79 Å². The summed E-state index contributed by atoms with van der Waals surface area (Å²) in [6.45, 7) is 5.30. The average molecular weight is 250 g/mol. The van der Waals surface area contributed by atoms with E-state index in [9.17, 15) is 4.79 Å². The number of ketones is 1. The van der Waals surface area contributed by atoms with Gasteiger partial charge < -0.3 is 0 Å². The Morgan fingerprint density at radius 3 is 2.17 bits per heavy atom. The van der Waals surface area contributed by atoms with Crippen molar-refractivity contribution in [3.05, 3.63) is 0 Å². The van der Waals surface area contributed by atoms with Gasteiger partial charge in [-0.25, -0.2) is 0 Å². The Bertz CT molecular complexity index is 287. The van der Waals surface area contributed by atoms with Gasteiger partial charge >= 0.3 is 0 Å². The van der Waals surface area contributed by atoms with Gasteiger partial charge in [-0.3, -0.25) is 14.6 Å². The van der Waals surface area contributed by atoms with E-state index in [1.807, 2.05) is 0 Å². The Labute approximate surface area is 111 Å². The molecule has 0 N–H and O–H groups in total. The van der Waals surface area contributed by atoms with Gasteiger partial charge in [0.15, 0.2) is 0 Å². The fourth-order valence-corrected chi connectivity index (χ4v) is 3.50. The van der Waals surface area contributed by atoms with Gasteiger partial charge in [-0.1, -0.05) is 19.3 Å². The monoisotopic (exact) mass is 250 g/mol. The first kappa shape index (κ1) is 12.6. The van der Waals surface area contributed by atoms with Gasteiger partial charge in [-0.05, 0) is 25.7 Å². The van der Waals surface area contributed by atoms with E-state index in [0.29, 0.717) is 11.7 Å². The zero-order valence-electron chi connectivity index (χ0n) is 11.4. The SMILES string of the molecule is O=C(CN1CCN(C2CC2)CC1)C1CCCCC1. The summed E-state index contributed by atoms with van der Waals surface area (Å²) >= 11 is 0. The van der Waals surface area contributed by atoms with Gasteiger partial charge in [0, 0.05) is 38.1 Å². The molecule has 18 heavy (non-hydrogen) atoms. The normalized spacial score (nSPS) is 28.4. The van der Waals surface area contributed by atoms with Gasteiger partial charge in [0.2, 0.25) is 0 Å². The van der Waals surface area contributed by atoms with Crippen LogP contribution in [0, 0.1) is 5.92 Å². The molecule has 3 heteroatoms. The Morgan fingerprint density at radius 1 is 0.889 bits per heavy atom. The Kier molecular flexibility index (Phi) is 4.00. The fraction of sp³-hybridized carbons (Fsp3) is 0.933. The predicted molar refractivity (Wildman–Crippen MR) is 72.6 cm³/mol. The van der Waals surface area contributed by atoms with Gasteiger partial charge in [0.25, 0.3) is 0 Å². The molecule has 1 heterocycles. The maximum absolute atomic E-state index is 12.2. The minimum atomic E-state index is 0.389. The van der Waals surface area contributed by atoms with Crippen LogP contribution in [0.25, 0.3) is 0 Å². The van der Waals surface area contributed by atoms with Crippen LogP contribution in [0.2, 0.25) is 0 Å². The highest BCUT2D eigenvalue weighted by Crippen LogP contribution is 2.28. The van der Waals surface area contributed by atoms with Crippen molar-refractivity contribution in [2.24, 2.45) is 5.92 Å². The number of nitrogens with zero attached hydrogens (tertiary/aromatic N) is 2. The molecule has 0 amide bonds. The summed E-state index contributed by atoms with van der Waals surface area (Å²) < 4.78 is 0. The molecule has 0 bridgehead atoms. The summed E-state index contributed by atoms with van der Waals surface area (Å²) in [6, 6.07) is 0.890. The smallest absolute Gasteiger partial charge is 0.149 e. The number of Topliss-reactive ketones (excluding diaryl/α,β-unsaturated/α-hetero) is 1. The predicted octanol–water partition coefficient (Wildman–Crippen LogP) is 1.92. The van der Waals surface area contributed by atoms with Crippen molar-refractivity contribution in [2.45, 2.75) is 51.0 Å². The van der Waals surface area contributed by atoms with Crippen molar-refractivity contribution in [3.63, 3.8) is 0 Å². The number of carbonyl (C=O) groups excluding carboxylic acids is 1. The average Bonchev–Trinajstić information content (AvgIpc) is 3.25. The number of hydrogen-bond donors (Lipinski definition) is 0. The third-order valence-corrected chi connectivity index (χ3v) is 4.91. The second-order valence-electron chi connectivity index (χ2n) is 6.34. The van der Waals surface area contributed by atoms with Crippen LogP contribution >= 0.6 is 0 Å². The maximum Gasteiger partial charge on any atom is 0.149 e. The minimum absolute atomic E-state index is 0.389. The molecule has 1 saturated heterocycles. The van der Waals surface area contributed by atoms with E-state index in [4.69, 9.17) is 0 Å². The van der Waals surface area contributed by atoms with Crippen molar-refractivity contribution >= 4 is 5.78 Å². The number of piperazine rings is 1. The Balaban J connectivity index is 1.41. The van der Waals surface area contributed by atoms with E-state index in [2.05, 4.69) is 9.80 Å². The highest BCUT2D eigenvalue weighted by Gasteiger charge is 2.32. The molecule has 0 unspecified atom stereocenters. The van der Waals surface area contributed by atoms with E-state index in [-0.39, 0.29) is 0 Å².